The molecule has 0 bridgehead atoms. The summed E-state index contributed by atoms with van der Waals surface area (Å²) in [4.78, 5) is 16.2. The molecule has 2 aromatic rings. The van der Waals surface area contributed by atoms with Crippen LogP contribution in [0, 0.1) is 6.92 Å². The Labute approximate surface area is 129 Å². The lowest BCUT2D eigenvalue weighted by Gasteiger charge is -2.05. The van der Waals surface area contributed by atoms with Crippen molar-refractivity contribution in [2.24, 2.45) is 0 Å². The van der Waals surface area contributed by atoms with Crippen LogP contribution in [0.4, 0.5) is 0 Å². The van der Waals surface area contributed by atoms with E-state index in [1.165, 1.54) is 0 Å². The number of benzene rings is 1. The van der Waals surface area contributed by atoms with Crippen LogP contribution in [0.2, 0.25) is 5.02 Å². The van der Waals surface area contributed by atoms with Gasteiger partial charge in [0.2, 0.25) is 0 Å². The number of rotatable bonds is 4. The third kappa shape index (κ3) is 4.03. The monoisotopic (exact) mass is 358 g/mol. The highest BCUT2D eigenvalue weighted by molar-refractivity contribution is 9.10. The van der Waals surface area contributed by atoms with Crippen molar-refractivity contribution in [3.8, 4) is 0 Å². The lowest BCUT2D eigenvalue weighted by Crippen LogP contribution is -2.25. The molecule has 0 atom stereocenters. The molecule has 0 aliphatic carbocycles. The van der Waals surface area contributed by atoms with Crippen molar-refractivity contribution in [1.29, 1.82) is 0 Å². The first kappa shape index (κ1) is 14.5. The maximum absolute atomic E-state index is 11.9. The Morgan fingerprint density at radius 3 is 2.95 bits per heavy atom. The molecule has 0 spiro atoms. The summed E-state index contributed by atoms with van der Waals surface area (Å²) in [5, 5.41) is 6.43. The van der Waals surface area contributed by atoms with E-state index in [2.05, 4.69) is 26.2 Å². The number of aromatic nitrogens is 1. The zero-order valence-electron chi connectivity index (χ0n) is 10.2. The van der Waals surface area contributed by atoms with Gasteiger partial charge >= 0.3 is 0 Å². The number of hydrogen-bond donors (Lipinski definition) is 1. The molecule has 100 valence electrons. The summed E-state index contributed by atoms with van der Waals surface area (Å²) in [6, 6.07) is 5.15. The third-order valence-corrected chi connectivity index (χ3v) is 4.73. The molecule has 0 aliphatic rings. The fraction of sp³-hybridized carbons (Fsp3) is 0.231. The second-order valence-electron chi connectivity index (χ2n) is 4.02. The van der Waals surface area contributed by atoms with E-state index in [4.69, 9.17) is 11.6 Å². The van der Waals surface area contributed by atoms with Gasteiger partial charge in [0, 0.05) is 34.1 Å². The molecule has 1 N–H and O–H groups in total. The fourth-order valence-electron chi connectivity index (χ4n) is 1.54. The van der Waals surface area contributed by atoms with Crippen LogP contribution in [0.5, 0.6) is 0 Å². The van der Waals surface area contributed by atoms with Crippen molar-refractivity contribution in [2.45, 2.75) is 13.3 Å². The van der Waals surface area contributed by atoms with Gasteiger partial charge in [-0.25, -0.2) is 4.98 Å². The van der Waals surface area contributed by atoms with Crippen molar-refractivity contribution in [1.82, 2.24) is 10.3 Å². The van der Waals surface area contributed by atoms with Crippen molar-refractivity contribution in [3.05, 3.63) is 49.3 Å². The Balaban J connectivity index is 1.89. The molecule has 1 amide bonds. The molecule has 19 heavy (non-hydrogen) atoms. The molecule has 0 fully saturated rings. The van der Waals surface area contributed by atoms with Crippen molar-refractivity contribution in [3.63, 3.8) is 0 Å². The second kappa shape index (κ2) is 6.50. The maximum atomic E-state index is 11.9. The topological polar surface area (TPSA) is 42.0 Å². The Morgan fingerprint density at radius 1 is 1.53 bits per heavy atom. The SMILES string of the molecule is Cc1csc(CCNC(=O)c2ccc(Br)c(Cl)c2)n1. The van der Waals surface area contributed by atoms with E-state index < -0.39 is 0 Å². The molecule has 0 radical (unpaired) electrons. The van der Waals surface area contributed by atoms with E-state index in [1.807, 2.05) is 12.3 Å². The minimum atomic E-state index is -0.123. The Morgan fingerprint density at radius 2 is 2.32 bits per heavy atom. The first-order chi connectivity index (χ1) is 9.06. The molecule has 0 unspecified atom stereocenters. The first-order valence-corrected chi connectivity index (χ1v) is 7.75. The summed E-state index contributed by atoms with van der Waals surface area (Å²) in [6.45, 7) is 2.53. The van der Waals surface area contributed by atoms with E-state index >= 15 is 0 Å². The summed E-state index contributed by atoms with van der Waals surface area (Å²) in [5.41, 5.74) is 1.58. The first-order valence-electron chi connectivity index (χ1n) is 5.70. The number of aryl methyl sites for hydroxylation is 1. The Hall–Kier alpha value is -0.910. The predicted molar refractivity (Wildman–Crippen MR) is 82.0 cm³/mol. The molecule has 1 aromatic carbocycles. The average Bonchev–Trinajstić information content (AvgIpc) is 2.78. The molecule has 0 saturated carbocycles. The smallest absolute Gasteiger partial charge is 0.251 e. The van der Waals surface area contributed by atoms with Gasteiger partial charge in [0.1, 0.15) is 0 Å². The maximum Gasteiger partial charge on any atom is 0.251 e. The Bertz CT molecular complexity index is 600. The third-order valence-electron chi connectivity index (χ3n) is 2.47. The van der Waals surface area contributed by atoms with E-state index in [9.17, 15) is 4.79 Å². The minimum Gasteiger partial charge on any atom is -0.352 e. The summed E-state index contributed by atoms with van der Waals surface area (Å²) >= 11 is 10.9. The van der Waals surface area contributed by atoms with Crippen LogP contribution < -0.4 is 5.32 Å². The normalized spacial score (nSPS) is 10.5. The molecule has 6 heteroatoms. The van der Waals surface area contributed by atoms with Crippen LogP contribution in [0.3, 0.4) is 0 Å². The lowest BCUT2D eigenvalue weighted by molar-refractivity contribution is 0.0954. The van der Waals surface area contributed by atoms with E-state index in [-0.39, 0.29) is 5.91 Å². The fourth-order valence-corrected chi connectivity index (χ4v) is 2.74. The largest absolute Gasteiger partial charge is 0.352 e. The molecule has 1 heterocycles. The highest BCUT2D eigenvalue weighted by atomic mass is 79.9. The molecular formula is C13H12BrClN2OS. The number of hydrogen-bond acceptors (Lipinski definition) is 3. The van der Waals surface area contributed by atoms with Gasteiger partial charge < -0.3 is 5.32 Å². The van der Waals surface area contributed by atoms with E-state index in [0.29, 0.717) is 17.1 Å². The van der Waals surface area contributed by atoms with Crippen LogP contribution in [0.15, 0.2) is 28.1 Å². The number of nitrogens with zero attached hydrogens (tertiary/aromatic N) is 1. The summed E-state index contributed by atoms with van der Waals surface area (Å²) in [7, 11) is 0. The van der Waals surface area contributed by atoms with Gasteiger partial charge in [-0.2, -0.15) is 0 Å². The van der Waals surface area contributed by atoms with Crippen molar-refractivity contribution >= 4 is 44.8 Å². The van der Waals surface area contributed by atoms with Gasteiger partial charge in [0.15, 0.2) is 0 Å². The second-order valence-corrected chi connectivity index (χ2v) is 6.22. The van der Waals surface area contributed by atoms with Crippen LogP contribution >= 0.6 is 38.9 Å². The van der Waals surface area contributed by atoms with Crippen molar-refractivity contribution < 1.29 is 4.79 Å². The summed E-state index contributed by atoms with van der Waals surface area (Å²) in [5.74, 6) is -0.123. The summed E-state index contributed by atoms with van der Waals surface area (Å²) < 4.78 is 0.781. The molecule has 0 aliphatic heterocycles. The quantitative estimate of drug-likeness (QED) is 0.901. The number of thiazole rings is 1. The van der Waals surface area contributed by atoms with E-state index in [0.717, 1.165) is 21.6 Å². The summed E-state index contributed by atoms with van der Waals surface area (Å²) in [6.07, 6.45) is 0.745. The van der Waals surface area contributed by atoms with Gasteiger partial charge in [0.25, 0.3) is 5.91 Å². The zero-order valence-corrected chi connectivity index (χ0v) is 13.4. The zero-order chi connectivity index (χ0) is 13.8. The van der Waals surface area contributed by atoms with Crippen LogP contribution in [-0.2, 0) is 6.42 Å². The minimum absolute atomic E-state index is 0.123. The van der Waals surface area contributed by atoms with Crippen LogP contribution in [-0.4, -0.2) is 17.4 Å². The number of carbonyl (C=O) groups is 1. The van der Waals surface area contributed by atoms with Crippen molar-refractivity contribution in [2.75, 3.05) is 6.54 Å². The molecule has 1 aromatic heterocycles. The molecular weight excluding hydrogens is 348 g/mol. The number of halogens is 2. The standard InChI is InChI=1S/C13H12BrClN2OS/c1-8-7-19-12(17-8)4-5-16-13(18)9-2-3-10(14)11(15)6-9/h2-3,6-7H,4-5H2,1H3,(H,16,18). The predicted octanol–water partition coefficient (Wildman–Crippen LogP) is 3.84. The number of nitrogens with one attached hydrogen (secondary N) is 1. The molecule has 0 saturated heterocycles. The highest BCUT2D eigenvalue weighted by Crippen LogP contribution is 2.23. The highest BCUT2D eigenvalue weighted by Gasteiger charge is 2.07. The van der Waals surface area contributed by atoms with Crippen LogP contribution in [0.25, 0.3) is 0 Å². The van der Waals surface area contributed by atoms with Gasteiger partial charge in [-0.05, 0) is 41.1 Å². The number of amides is 1. The van der Waals surface area contributed by atoms with Gasteiger partial charge in [-0.1, -0.05) is 11.6 Å². The molecule has 3 nitrogen and oxygen atoms in total. The van der Waals surface area contributed by atoms with Gasteiger partial charge in [-0.3, -0.25) is 4.79 Å². The van der Waals surface area contributed by atoms with E-state index in [1.54, 1.807) is 29.5 Å². The van der Waals surface area contributed by atoms with Gasteiger partial charge in [-0.15, -0.1) is 11.3 Å². The lowest BCUT2D eigenvalue weighted by atomic mass is 10.2. The van der Waals surface area contributed by atoms with Gasteiger partial charge in [0.05, 0.1) is 10.0 Å². The number of carbonyl (C=O) groups excluding carboxylic acids is 1. The average molecular weight is 360 g/mol. The molecule has 2 rings (SSSR count). The Kier molecular flexibility index (Phi) is 4.96. The van der Waals surface area contributed by atoms with Crippen LogP contribution in [0.1, 0.15) is 21.1 Å².